The molecule has 27 heavy (non-hydrogen) atoms. The second-order valence-corrected chi connectivity index (χ2v) is 5.35. The number of hydrogen-bond acceptors (Lipinski definition) is 5. The third-order valence-corrected chi connectivity index (χ3v) is 3.41. The molecule has 0 aliphatic carbocycles. The molecule has 3 aromatic rings. The number of aliphatic imine (C=N–C) groups is 1. The molecule has 0 unspecified atom stereocenters. The molecule has 0 fully saturated rings. The summed E-state index contributed by atoms with van der Waals surface area (Å²) < 4.78 is 5.68. The van der Waals surface area contributed by atoms with Crippen molar-refractivity contribution < 1.29 is 9.53 Å². The number of carbonyl (C=O) groups is 1. The van der Waals surface area contributed by atoms with Crippen LogP contribution in [0.2, 0.25) is 0 Å². The summed E-state index contributed by atoms with van der Waals surface area (Å²) in [5.74, 6) is 0.650. The molecule has 0 aliphatic heterocycles. The largest absolute Gasteiger partial charge is 0.486 e. The lowest BCUT2D eigenvalue weighted by Gasteiger charge is -2.06. The Labute approximate surface area is 156 Å². The highest BCUT2D eigenvalue weighted by molar-refractivity contribution is 5.98. The molecule has 2 heterocycles. The van der Waals surface area contributed by atoms with Crippen molar-refractivity contribution in [1.29, 1.82) is 0 Å². The number of nitrogens with one attached hydrogen (secondary N) is 1. The zero-order chi connectivity index (χ0) is 18.7. The molecule has 0 radical (unpaired) electrons. The van der Waals surface area contributed by atoms with E-state index in [-0.39, 0.29) is 12.5 Å². The Morgan fingerprint density at radius 3 is 2.33 bits per heavy atom. The maximum Gasteiger partial charge on any atom is 0.271 e. The summed E-state index contributed by atoms with van der Waals surface area (Å²) in [6.45, 7) is 0.0994. The third kappa shape index (κ3) is 5.86. The summed E-state index contributed by atoms with van der Waals surface area (Å²) in [5.41, 5.74) is 3.80. The predicted octanol–water partition coefficient (Wildman–Crippen LogP) is 2.72. The number of amidine groups is 1. The van der Waals surface area contributed by atoms with E-state index in [1.807, 2.05) is 42.5 Å². The molecule has 2 aromatic heterocycles. The molecule has 0 saturated carbocycles. The monoisotopic (exact) mass is 359 g/mol. The Morgan fingerprint density at radius 2 is 1.63 bits per heavy atom. The zero-order valence-electron chi connectivity index (χ0n) is 14.4. The number of nitrogens with zero attached hydrogens (tertiary/aromatic N) is 4. The fraction of sp³-hybridized carbons (Fsp3) is 0.0500. The van der Waals surface area contributed by atoms with Crippen molar-refractivity contribution in [3.05, 3.63) is 90.5 Å². The molecule has 1 amide bonds. The third-order valence-electron chi connectivity index (χ3n) is 3.41. The quantitative estimate of drug-likeness (QED) is 0.416. The van der Waals surface area contributed by atoms with E-state index in [1.165, 1.54) is 0 Å². The number of hydrazone groups is 1. The van der Waals surface area contributed by atoms with E-state index in [4.69, 9.17) is 4.74 Å². The van der Waals surface area contributed by atoms with Crippen LogP contribution in [0.5, 0.6) is 5.75 Å². The number of aromatic nitrogens is 2. The van der Waals surface area contributed by atoms with Gasteiger partial charge in [-0.3, -0.25) is 14.8 Å². The zero-order valence-corrected chi connectivity index (χ0v) is 14.4. The van der Waals surface area contributed by atoms with E-state index in [0.29, 0.717) is 17.1 Å². The number of ether oxygens (including phenoxy) is 1. The van der Waals surface area contributed by atoms with Crippen LogP contribution in [0, 0.1) is 0 Å². The Morgan fingerprint density at radius 1 is 0.963 bits per heavy atom. The molecule has 7 nitrogen and oxygen atoms in total. The minimum absolute atomic E-state index is 0.0994. The second-order valence-electron chi connectivity index (χ2n) is 5.35. The van der Waals surface area contributed by atoms with Crippen LogP contribution in [0.15, 0.2) is 89.5 Å². The van der Waals surface area contributed by atoms with Crippen molar-refractivity contribution in [2.24, 2.45) is 10.1 Å². The Kier molecular flexibility index (Phi) is 6.36. The van der Waals surface area contributed by atoms with E-state index in [2.05, 4.69) is 25.5 Å². The van der Waals surface area contributed by atoms with Crippen molar-refractivity contribution in [3.63, 3.8) is 0 Å². The first kappa shape index (κ1) is 17.9. The van der Waals surface area contributed by atoms with Gasteiger partial charge in [-0.25, -0.2) is 10.4 Å². The number of hydrogen-bond donors (Lipinski definition) is 1. The van der Waals surface area contributed by atoms with Gasteiger partial charge in [-0.15, -0.1) is 0 Å². The van der Waals surface area contributed by atoms with E-state index in [0.717, 1.165) is 5.56 Å². The number of pyridine rings is 2. The molecule has 0 saturated heterocycles. The van der Waals surface area contributed by atoms with Crippen molar-refractivity contribution >= 4 is 18.0 Å². The standard InChI is InChI=1S/C20H17N5O2/c26-20(17-8-12-22-13-9-17)25-24-19(15-27-18-4-2-1-3-5-18)23-14-16-6-10-21-11-7-16/h1-14H,15H2,(H,25,26). The van der Waals surface area contributed by atoms with Crippen LogP contribution in [-0.4, -0.2) is 34.5 Å². The molecule has 0 atom stereocenters. The van der Waals surface area contributed by atoms with Crippen LogP contribution in [0.4, 0.5) is 0 Å². The van der Waals surface area contributed by atoms with E-state index in [9.17, 15) is 4.79 Å². The lowest BCUT2D eigenvalue weighted by atomic mass is 10.3. The molecule has 0 spiro atoms. The summed E-state index contributed by atoms with van der Waals surface area (Å²) in [7, 11) is 0. The lowest BCUT2D eigenvalue weighted by molar-refractivity contribution is 0.0954. The summed E-state index contributed by atoms with van der Waals surface area (Å²) in [4.78, 5) is 24.3. The van der Waals surface area contributed by atoms with Gasteiger partial charge in [0.1, 0.15) is 12.4 Å². The minimum Gasteiger partial charge on any atom is -0.486 e. The maximum atomic E-state index is 12.2. The van der Waals surface area contributed by atoms with Crippen LogP contribution in [0.3, 0.4) is 0 Å². The highest BCUT2D eigenvalue weighted by atomic mass is 16.5. The number of benzene rings is 1. The first-order valence-corrected chi connectivity index (χ1v) is 8.20. The normalized spacial score (nSPS) is 11.3. The van der Waals surface area contributed by atoms with Gasteiger partial charge >= 0.3 is 0 Å². The maximum absolute atomic E-state index is 12.2. The number of carbonyl (C=O) groups excluding carboxylic acids is 1. The fourth-order valence-electron chi connectivity index (χ4n) is 2.04. The van der Waals surface area contributed by atoms with Crippen LogP contribution in [0.1, 0.15) is 15.9 Å². The van der Waals surface area contributed by atoms with Gasteiger partial charge in [-0.05, 0) is 42.0 Å². The first-order valence-electron chi connectivity index (χ1n) is 8.20. The fourth-order valence-corrected chi connectivity index (χ4v) is 2.04. The lowest BCUT2D eigenvalue weighted by Crippen LogP contribution is -2.21. The van der Waals surface area contributed by atoms with Crippen LogP contribution in [-0.2, 0) is 0 Å². The topological polar surface area (TPSA) is 88.8 Å². The molecule has 0 aliphatic rings. The molecule has 1 N–H and O–H groups in total. The van der Waals surface area contributed by atoms with Crippen LogP contribution >= 0.6 is 0 Å². The summed E-state index contributed by atoms with van der Waals surface area (Å²) in [6, 6.07) is 16.1. The number of amides is 1. The van der Waals surface area contributed by atoms with Gasteiger partial charge in [-0.1, -0.05) is 18.2 Å². The van der Waals surface area contributed by atoms with Crippen LogP contribution in [0.25, 0.3) is 0 Å². The van der Waals surface area contributed by atoms with Gasteiger partial charge in [0.05, 0.1) is 0 Å². The smallest absolute Gasteiger partial charge is 0.271 e. The summed E-state index contributed by atoms with van der Waals surface area (Å²) in [6.07, 6.45) is 8.06. The van der Waals surface area contributed by atoms with E-state index >= 15 is 0 Å². The van der Waals surface area contributed by atoms with Crippen molar-refractivity contribution in [2.45, 2.75) is 0 Å². The molecule has 1 aromatic carbocycles. The molecule has 134 valence electrons. The second kappa shape index (κ2) is 9.57. The van der Waals surface area contributed by atoms with Gasteiger partial charge in [0.25, 0.3) is 5.91 Å². The SMILES string of the molecule is O=C(NN=C(COc1ccccc1)N=Cc1ccncc1)c1ccncc1. The van der Waals surface area contributed by atoms with Crippen LogP contribution < -0.4 is 10.2 Å². The van der Waals surface area contributed by atoms with E-state index in [1.54, 1.807) is 43.1 Å². The average Bonchev–Trinajstić information content (AvgIpc) is 2.75. The summed E-state index contributed by atoms with van der Waals surface area (Å²) >= 11 is 0. The molecular formula is C20H17N5O2. The molecule has 0 bridgehead atoms. The summed E-state index contributed by atoms with van der Waals surface area (Å²) in [5, 5.41) is 4.09. The number of rotatable bonds is 6. The van der Waals surface area contributed by atoms with Gasteiger partial charge in [0.15, 0.2) is 5.84 Å². The molecular weight excluding hydrogens is 342 g/mol. The molecule has 7 heteroatoms. The highest BCUT2D eigenvalue weighted by Crippen LogP contribution is 2.08. The van der Waals surface area contributed by atoms with Crippen molar-refractivity contribution in [3.8, 4) is 5.75 Å². The number of para-hydroxylation sites is 1. The van der Waals surface area contributed by atoms with Gasteiger partial charge in [0.2, 0.25) is 0 Å². The van der Waals surface area contributed by atoms with Gasteiger partial charge in [-0.2, -0.15) is 5.10 Å². The Hall–Kier alpha value is -3.87. The van der Waals surface area contributed by atoms with E-state index < -0.39 is 0 Å². The van der Waals surface area contributed by atoms with Gasteiger partial charge < -0.3 is 4.74 Å². The first-order chi connectivity index (χ1) is 13.3. The Bertz CT molecular complexity index is 913. The average molecular weight is 359 g/mol. The Balaban J connectivity index is 1.71. The van der Waals surface area contributed by atoms with Crippen molar-refractivity contribution in [1.82, 2.24) is 15.4 Å². The highest BCUT2D eigenvalue weighted by Gasteiger charge is 2.05. The minimum atomic E-state index is -0.353. The predicted molar refractivity (Wildman–Crippen MR) is 103 cm³/mol. The van der Waals surface area contributed by atoms with Crippen molar-refractivity contribution in [2.75, 3.05) is 6.61 Å². The molecule has 3 rings (SSSR count). The van der Waals surface area contributed by atoms with Gasteiger partial charge in [0, 0.05) is 36.6 Å².